The molecule has 1 aromatic heterocycles. The maximum atomic E-state index is 13.9. The summed E-state index contributed by atoms with van der Waals surface area (Å²) in [4.78, 5) is 18.2. The van der Waals surface area contributed by atoms with Gasteiger partial charge < -0.3 is 4.74 Å². The summed E-state index contributed by atoms with van der Waals surface area (Å²) in [5.41, 5.74) is 1.48. The van der Waals surface area contributed by atoms with Crippen LogP contribution in [0.5, 0.6) is 0 Å². The lowest BCUT2D eigenvalue weighted by Crippen LogP contribution is -2.04. The molecule has 214 valence electrons. The highest BCUT2D eigenvalue weighted by Gasteiger charge is 2.16. The number of methoxy groups -OCH3 is 1. The van der Waals surface area contributed by atoms with Crippen molar-refractivity contribution in [2.75, 3.05) is 7.11 Å². The summed E-state index contributed by atoms with van der Waals surface area (Å²) in [5.74, 6) is -1.41. The van der Waals surface area contributed by atoms with Crippen molar-refractivity contribution in [2.24, 2.45) is 0 Å². The first kappa shape index (κ1) is 34.3. The average Bonchev–Trinajstić information content (AvgIpc) is 2.94. The molecule has 0 bridgehead atoms. The number of hydrogen-bond donors (Lipinski definition) is 0. The number of benzene rings is 3. The standard InChI is InChI=1S/C14H9BrClFO2.C7H5ClF2O2S.C6H3BrN2/c1-19-14(18)11-6-12(16)10(7-13(11)17)8-3-2-4-9(15)5-8;8-13(11,12)6-3-1-5(2-4-6)7(9)10;1-8-6-2-3-9-4-5(6)7/h2-7H,1H3;1-4,7H;2-4H. The molecule has 4 rings (SSSR count). The largest absolute Gasteiger partial charge is 0.465 e. The molecule has 0 N–H and O–H groups in total. The van der Waals surface area contributed by atoms with Crippen LogP contribution in [0.2, 0.25) is 5.02 Å². The highest BCUT2D eigenvalue weighted by atomic mass is 79.9. The SMILES string of the molecule is COC(=O)c1cc(Cl)c(-c2cccc(Br)c2)cc1F.O=S(=O)(Cl)c1ccc(C(F)F)cc1.[C-]#[N+]c1ccncc1Br. The monoisotopic (exact) mass is 750 g/mol. The van der Waals surface area contributed by atoms with Crippen LogP contribution < -0.4 is 0 Å². The summed E-state index contributed by atoms with van der Waals surface area (Å²) in [5, 5.41) is 0.292. The van der Waals surface area contributed by atoms with Crippen molar-refractivity contribution in [3.8, 4) is 11.1 Å². The maximum Gasteiger partial charge on any atom is 0.340 e. The van der Waals surface area contributed by atoms with Crippen molar-refractivity contribution in [3.05, 3.63) is 121 Å². The fraction of sp³-hybridized carbons (Fsp3) is 0.0741. The van der Waals surface area contributed by atoms with E-state index >= 15 is 0 Å². The Morgan fingerprint density at radius 3 is 2.22 bits per heavy atom. The predicted molar refractivity (Wildman–Crippen MR) is 159 cm³/mol. The number of hydrogen-bond acceptors (Lipinski definition) is 5. The van der Waals surface area contributed by atoms with E-state index in [2.05, 4.69) is 46.4 Å². The highest BCUT2D eigenvalue weighted by Crippen LogP contribution is 2.32. The molecule has 0 fully saturated rings. The predicted octanol–water partition coefficient (Wildman–Crippen LogP) is 9.64. The van der Waals surface area contributed by atoms with Crippen LogP contribution in [0.15, 0.2) is 93.0 Å². The van der Waals surface area contributed by atoms with E-state index in [0.717, 1.165) is 38.8 Å². The summed E-state index contributed by atoms with van der Waals surface area (Å²) in [6, 6.07) is 15.6. The molecule has 0 radical (unpaired) electrons. The summed E-state index contributed by atoms with van der Waals surface area (Å²) in [7, 11) is 2.35. The zero-order valence-electron chi connectivity index (χ0n) is 20.7. The number of nitrogens with zero attached hydrogens (tertiary/aromatic N) is 2. The van der Waals surface area contributed by atoms with Crippen LogP contribution in [0.25, 0.3) is 16.0 Å². The summed E-state index contributed by atoms with van der Waals surface area (Å²) in [6.07, 6.45) is 0.595. The minimum absolute atomic E-state index is 0.175. The van der Waals surface area contributed by atoms with Gasteiger partial charge in [0.15, 0.2) is 0 Å². The Morgan fingerprint density at radius 1 is 1.07 bits per heavy atom. The first-order chi connectivity index (χ1) is 19.3. The van der Waals surface area contributed by atoms with Gasteiger partial charge in [-0.15, -0.1) is 0 Å². The number of aromatic nitrogens is 1. The third kappa shape index (κ3) is 10.4. The average molecular weight is 753 g/mol. The Balaban J connectivity index is 0.000000232. The van der Waals surface area contributed by atoms with Crippen molar-refractivity contribution >= 4 is 74.9 Å². The smallest absolute Gasteiger partial charge is 0.340 e. The summed E-state index contributed by atoms with van der Waals surface area (Å²) in [6.45, 7) is 6.65. The number of esters is 1. The van der Waals surface area contributed by atoms with Crippen molar-refractivity contribution in [2.45, 2.75) is 11.3 Å². The molecular formula is C27H17Br2Cl2F3N2O4S. The molecule has 1 heterocycles. The van der Waals surface area contributed by atoms with E-state index in [9.17, 15) is 26.4 Å². The van der Waals surface area contributed by atoms with Crippen LogP contribution in [0.3, 0.4) is 0 Å². The van der Waals surface area contributed by atoms with Gasteiger partial charge in [0.1, 0.15) is 5.82 Å². The number of ether oxygens (including phenoxy) is 1. The second-order valence-corrected chi connectivity index (χ2v) is 12.3. The van der Waals surface area contributed by atoms with Gasteiger partial charge in [0.2, 0.25) is 5.69 Å². The van der Waals surface area contributed by atoms with Crippen LogP contribution in [0.4, 0.5) is 18.9 Å². The summed E-state index contributed by atoms with van der Waals surface area (Å²) >= 11 is 12.6. The maximum absolute atomic E-state index is 13.9. The zero-order valence-corrected chi connectivity index (χ0v) is 26.2. The third-order valence-electron chi connectivity index (χ3n) is 4.88. The zero-order chi connectivity index (χ0) is 30.7. The third-order valence-corrected chi connectivity index (χ3v) is 7.67. The van der Waals surface area contributed by atoms with E-state index in [4.69, 9.17) is 28.9 Å². The van der Waals surface area contributed by atoms with Gasteiger partial charge in [-0.1, -0.05) is 67.7 Å². The molecule has 0 aliphatic heterocycles. The molecule has 6 nitrogen and oxygen atoms in total. The quantitative estimate of drug-likeness (QED) is 0.118. The molecule has 0 aliphatic carbocycles. The van der Waals surface area contributed by atoms with Crippen molar-refractivity contribution in [1.82, 2.24) is 4.98 Å². The molecule has 3 aromatic carbocycles. The minimum Gasteiger partial charge on any atom is -0.465 e. The van der Waals surface area contributed by atoms with Crippen LogP contribution in [-0.4, -0.2) is 26.5 Å². The number of carbonyl (C=O) groups excluding carboxylic acids is 1. The Kier molecular flexibility index (Phi) is 13.3. The number of pyridine rings is 1. The second-order valence-electron chi connectivity index (χ2n) is 7.56. The van der Waals surface area contributed by atoms with E-state index in [0.29, 0.717) is 16.3 Å². The number of alkyl halides is 2. The normalized spacial score (nSPS) is 10.4. The van der Waals surface area contributed by atoms with Crippen LogP contribution >= 0.6 is 54.1 Å². The molecular weight excluding hydrogens is 736 g/mol. The summed E-state index contributed by atoms with van der Waals surface area (Å²) < 4.78 is 65.4. The lowest BCUT2D eigenvalue weighted by atomic mass is 10.0. The van der Waals surface area contributed by atoms with Gasteiger partial charge in [0, 0.05) is 48.2 Å². The Hall–Kier alpha value is -2.95. The van der Waals surface area contributed by atoms with Gasteiger partial charge in [-0.3, -0.25) is 4.98 Å². The molecule has 0 unspecified atom stereocenters. The Labute approximate surface area is 260 Å². The van der Waals surface area contributed by atoms with Gasteiger partial charge in [0.25, 0.3) is 15.5 Å². The van der Waals surface area contributed by atoms with Crippen molar-refractivity contribution in [3.63, 3.8) is 0 Å². The molecule has 0 saturated carbocycles. The topological polar surface area (TPSA) is 77.7 Å². The van der Waals surface area contributed by atoms with Gasteiger partial charge in [0.05, 0.1) is 24.1 Å². The van der Waals surface area contributed by atoms with E-state index in [1.165, 1.54) is 19.2 Å². The fourth-order valence-electron chi connectivity index (χ4n) is 2.92. The van der Waals surface area contributed by atoms with Crippen molar-refractivity contribution < 1.29 is 31.1 Å². The van der Waals surface area contributed by atoms with Gasteiger partial charge >= 0.3 is 5.97 Å². The number of rotatable bonds is 4. The Morgan fingerprint density at radius 2 is 1.73 bits per heavy atom. The molecule has 0 amide bonds. The molecule has 0 atom stereocenters. The van der Waals surface area contributed by atoms with Crippen LogP contribution in [0.1, 0.15) is 22.3 Å². The number of carbonyl (C=O) groups is 1. The van der Waals surface area contributed by atoms with Crippen molar-refractivity contribution in [1.29, 1.82) is 0 Å². The van der Waals surface area contributed by atoms with Gasteiger partial charge in [-0.05, 0) is 48.0 Å². The van der Waals surface area contributed by atoms with Gasteiger partial charge in [-0.2, -0.15) is 0 Å². The van der Waals surface area contributed by atoms with E-state index in [1.54, 1.807) is 18.5 Å². The number of halogens is 7. The van der Waals surface area contributed by atoms with Crippen LogP contribution in [0, 0.1) is 12.4 Å². The highest BCUT2D eigenvalue weighted by molar-refractivity contribution is 9.10. The van der Waals surface area contributed by atoms with Gasteiger partial charge in [-0.25, -0.2) is 31.2 Å². The lowest BCUT2D eigenvalue weighted by molar-refractivity contribution is 0.0595. The molecule has 4 aromatic rings. The fourth-order valence-corrected chi connectivity index (χ4v) is 4.71. The minimum atomic E-state index is -3.82. The van der Waals surface area contributed by atoms with E-state index < -0.39 is 27.3 Å². The van der Waals surface area contributed by atoms with E-state index in [-0.39, 0.29) is 16.0 Å². The first-order valence-corrected chi connectivity index (χ1v) is 15.2. The van der Waals surface area contributed by atoms with E-state index in [1.807, 2.05) is 24.3 Å². The van der Waals surface area contributed by atoms with Crippen LogP contribution in [-0.2, 0) is 13.8 Å². The molecule has 0 saturated heterocycles. The molecule has 14 heteroatoms. The molecule has 41 heavy (non-hydrogen) atoms. The second kappa shape index (κ2) is 15.9. The molecule has 0 spiro atoms. The first-order valence-electron chi connectivity index (χ1n) is 10.9. The lowest BCUT2D eigenvalue weighted by Gasteiger charge is -2.08. The molecule has 0 aliphatic rings. The Bertz CT molecular complexity index is 1670.